The number of rotatable bonds is 10. The lowest BCUT2D eigenvalue weighted by atomic mass is 10.2. The molecular formula is C25H36ClN8O4PS. The highest BCUT2D eigenvalue weighted by Gasteiger charge is 2.35. The fraction of sp³-hybridized carbons (Fsp3) is 0.440. The van der Waals surface area contributed by atoms with E-state index in [-0.39, 0.29) is 5.91 Å². The Kier molecular flexibility index (Phi) is 11.8. The van der Waals surface area contributed by atoms with Gasteiger partial charge in [0.05, 0.1) is 30.1 Å². The number of benzene rings is 1. The van der Waals surface area contributed by atoms with Crippen LogP contribution in [0, 0.1) is 13.8 Å². The zero-order chi connectivity index (χ0) is 29.3. The minimum absolute atomic E-state index is 0.291. The number of amides is 1. The molecule has 218 valence electrons. The van der Waals surface area contributed by atoms with Crippen LogP contribution in [0.2, 0.25) is 5.02 Å². The number of para-hydroxylation sites is 1. The van der Waals surface area contributed by atoms with E-state index in [1.165, 1.54) is 24.6 Å². The molecule has 0 unspecified atom stereocenters. The summed E-state index contributed by atoms with van der Waals surface area (Å²) in [5, 5.41) is 7.04. The number of carbonyl (C=O) groups excluding carboxylic acids is 1. The standard InChI is InChI=1S/C24H31ClN7O4PS.CH5N/c1-5-35-37(34,36-6-2)32-12-10-31(11-13-32)21-14-20(27-17(4)28-21)29-24-26-15-19(38-24)23(33)30-22-16(3)8-7-9-18(22)25;1-2/h7-9,14-15H,5-6,10-13H2,1-4H3,(H,30,33)(H,26,27,28,29);2H2,1H3. The van der Waals surface area contributed by atoms with Crippen LogP contribution in [0.15, 0.2) is 30.5 Å². The average Bonchev–Trinajstić information content (AvgIpc) is 3.40. The first-order valence-corrected chi connectivity index (χ1v) is 15.5. The number of nitrogens with one attached hydrogen (secondary N) is 2. The van der Waals surface area contributed by atoms with Crippen LogP contribution in [0.1, 0.15) is 34.9 Å². The summed E-state index contributed by atoms with van der Waals surface area (Å²) >= 11 is 7.45. The first kappa shape index (κ1) is 31.9. The number of aromatic nitrogens is 3. The van der Waals surface area contributed by atoms with E-state index < -0.39 is 7.75 Å². The number of nitrogens with zero attached hydrogens (tertiary/aromatic N) is 5. The fourth-order valence-corrected chi connectivity index (χ4v) is 6.70. The highest BCUT2D eigenvalue weighted by Crippen LogP contribution is 2.52. The summed E-state index contributed by atoms with van der Waals surface area (Å²) in [6.45, 7) is 10.2. The van der Waals surface area contributed by atoms with Gasteiger partial charge in [-0.2, -0.15) is 0 Å². The van der Waals surface area contributed by atoms with Gasteiger partial charge in [0, 0.05) is 32.2 Å². The number of hydrogen-bond acceptors (Lipinski definition) is 11. The Morgan fingerprint density at radius 2 is 1.80 bits per heavy atom. The van der Waals surface area contributed by atoms with Crippen LogP contribution in [0.4, 0.5) is 22.5 Å². The number of nitrogens with two attached hydrogens (primary N) is 1. The average molecular weight is 611 g/mol. The molecule has 0 aliphatic carbocycles. The van der Waals surface area contributed by atoms with E-state index in [4.69, 9.17) is 20.6 Å². The van der Waals surface area contributed by atoms with Crippen LogP contribution >= 0.6 is 30.7 Å². The first-order chi connectivity index (χ1) is 19.2. The molecule has 0 radical (unpaired) electrons. The van der Waals surface area contributed by atoms with Crippen molar-refractivity contribution in [2.45, 2.75) is 27.7 Å². The largest absolute Gasteiger partial charge is 0.408 e. The van der Waals surface area contributed by atoms with Crippen molar-refractivity contribution in [1.29, 1.82) is 0 Å². The van der Waals surface area contributed by atoms with Crippen LogP contribution in [0.25, 0.3) is 0 Å². The summed E-state index contributed by atoms with van der Waals surface area (Å²) in [7, 11) is -1.80. The zero-order valence-electron chi connectivity index (χ0n) is 23.3. The van der Waals surface area contributed by atoms with E-state index >= 15 is 0 Å². The van der Waals surface area contributed by atoms with E-state index in [9.17, 15) is 9.36 Å². The van der Waals surface area contributed by atoms with Crippen molar-refractivity contribution in [3.63, 3.8) is 0 Å². The summed E-state index contributed by atoms with van der Waals surface area (Å²) in [6.07, 6.45) is 1.51. The second-order valence-electron chi connectivity index (χ2n) is 8.44. The summed E-state index contributed by atoms with van der Waals surface area (Å²) < 4.78 is 25.8. The normalized spacial score (nSPS) is 13.9. The SMILES string of the molecule is CCOP(=O)(OCC)N1CCN(c2cc(Nc3ncc(C(=O)Nc4c(C)cccc4Cl)s3)nc(C)n2)CC1.CN. The molecule has 1 aliphatic heterocycles. The molecule has 4 rings (SSSR count). The minimum atomic E-state index is -3.30. The van der Waals surface area contributed by atoms with Crippen LogP contribution in [0.5, 0.6) is 0 Å². The van der Waals surface area contributed by atoms with Gasteiger partial charge in [0.1, 0.15) is 22.3 Å². The van der Waals surface area contributed by atoms with E-state index in [2.05, 4.69) is 36.2 Å². The van der Waals surface area contributed by atoms with E-state index in [0.29, 0.717) is 71.8 Å². The molecular weight excluding hydrogens is 575 g/mol. The number of anilines is 4. The Balaban J connectivity index is 0.00000216. The molecule has 3 heterocycles. The molecule has 1 amide bonds. The smallest absolute Gasteiger partial charge is 0.354 e. The van der Waals surface area contributed by atoms with Gasteiger partial charge in [-0.15, -0.1) is 0 Å². The highest BCUT2D eigenvalue weighted by atomic mass is 35.5. The van der Waals surface area contributed by atoms with Crippen molar-refractivity contribution < 1.29 is 18.4 Å². The molecule has 0 atom stereocenters. The Hall–Kier alpha value is -2.64. The number of halogens is 1. The van der Waals surface area contributed by atoms with Gasteiger partial charge >= 0.3 is 7.75 Å². The van der Waals surface area contributed by atoms with Crippen molar-refractivity contribution in [1.82, 2.24) is 19.6 Å². The van der Waals surface area contributed by atoms with Crippen LogP contribution in [0.3, 0.4) is 0 Å². The van der Waals surface area contributed by atoms with Gasteiger partial charge in [-0.25, -0.2) is 24.2 Å². The molecule has 1 aromatic carbocycles. The van der Waals surface area contributed by atoms with Crippen molar-refractivity contribution in [3.8, 4) is 0 Å². The summed E-state index contributed by atoms with van der Waals surface area (Å²) in [6, 6.07) is 7.28. The van der Waals surface area contributed by atoms with Crippen molar-refractivity contribution >= 4 is 59.0 Å². The Bertz CT molecular complexity index is 1310. The fourth-order valence-electron chi connectivity index (χ4n) is 3.99. The molecule has 2 aromatic heterocycles. The molecule has 1 aliphatic rings. The number of thiazole rings is 1. The van der Waals surface area contributed by atoms with E-state index in [0.717, 1.165) is 11.4 Å². The first-order valence-electron chi connectivity index (χ1n) is 12.8. The molecule has 3 aromatic rings. The number of hydrogen-bond donors (Lipinski definition) is 3. The lowest BCUT2D eigenvalue weighted by Crippen LogP contribution is -2.45. The predicted molar refractivity (Wildman–Crippen MR) is 161 cm³/mol. The summed E-state index contributed by atoms with van der Waals surface area (Å²) in [5.74, 6) is 1.60. The Morgan fingerprint density at radius 1 is 1.12 bits per heavy atom. The number of aryl methyl sites for hydroxylation is 2. The summed E-state index contributed by atoms with van der Waals surface area (Å²) in [5.41, 5.74) is 5.95. The number of carbonyl (C=O) groups is 1. The van der Waals surface area contributed by atoms with E-state index in [1.807, 2.05) is 32.0 Å². The van der Waals surface area contributed by atoms with Crippen molar-refractivity contribution in [2.75, 3.05) is 62.0 Å². The quantitative estimate of drug-likeness (QED) is 0.264. The molecule has 0 spiro atoms. The maximum absolute atomic E-state index is 13.1. The monoisotopic (exact) mass is 610 g/mol. The van der Waals surface area contributed by atoms with Crippen LogP contribution in [-0.2, 0) is 13.6 Å². The molecule has 12 nitrogen and oxygen atoms in total. The zero-order valence-corrected chi connectivity index (χ0v) is 25.8. The summed E-state index contributed by atoms with van der Waals surface area (Å²) in [4.78, 5) is 28.7. The van der Waals surface area contributed by atoms with Crippen molar-refractivity contribution in [3.05, 3.63) is 51.7 Å². The third-order valence-electron chi connectivity index (χ3n) is 5.76. The highest BCUT2D eigenvalue weighted by molar-refractivity contribution is 7.51. The topological polar surface area (TPSA) is 148 Å². The molecule has 0 bridgehead atoms. The number of piperazine rings is 1. The lowest BCUT2D eigenvalue weighted by Gasteiger charge is -2.37. The maximum Gasteiger partial charge on any atom is 0.408 e. The van der Waals surface area contributed by atoms with Gasteiger partial charge in [0.2, 0.25) is 0 Å². The third-order valence-corrected chi connectivity index (χ3v) is 9.25. The van der Waals surface area contributed by atoms with Gasteiger partial charge in [-0.3, -0.25) is 13.8 Å². The molecule has 0 saturated carbocycles. The molecule has 40 heavy (non-hydrogen) atoms. The van der Waals surface area contributed by atoms with Crippen LogP contribution < -0.4 is 21.3 Å². The Morgan fingerprint density at radius 3 is 2.42 bits per heavy atom. The predicted octanol–water partition coefficient (Wildman–Crippen LogP) is 5.08. The van der Waals surface area contributed by atoms with Gasteiger partial charge in [0.25, 0.3) is 5.91 Å². The minimum Gasteiger partial charge on any atom is -0.354 e. The molecule has 1 saturated heterocycles. The molecule has 15 heteroatoms. The second kappa shape index (κ2) is 14.8. The van der Waals surface area contributed by atoms with Crippen LogP contribution in [-0.4, -0.2) is 72.0 Å². The van der Waals surface area contributed by atoms with Gasteiger partial charge in [-0.1, -0.05) is 35.1 Å². The molecule has 4 N–H and O–H groups in total. The maximum atomic E-state index is 13.1. The Labute approximate surface area is 243 Å². The van der Waals surface area contributed by atoms with Gasteiger partial charge in [-0.05, 0) is 46.4 Å². The van der Waals surface area contributed by atoms with Gasteiger partial charge < -0.3 is 21.3 Å². The third kappa shape index (κ3) is 7.97. The molecule has 1 fully saturated rings. The lowest BCUT2D eigenvalue weighted by molar-refractivity contribution is 0.103. The van der Waals surface area contributed by atoms with Gasteiger partial charge in [0.15, 0.2) is 5.13 Å². The second-order valence-corrected chi connectivity index (χ2v) is 11.9. The van der Waals surface area contributed by atoms with Crippen molar-refractivity contribution in [2.24, 2.45) is 5.73 Å². The van der Waals surface area contributed by atoms with E-state index in [1.54, 1.807) is 24.6 Å².